The van der Waals surface area contributed by atoms with Gasteiger partial charge in [0.25, 0.3) is 5.91 Å². The van der Waals surface area contributed by atoms with Crippen LogP contribution in [0.25, 0.3) is 10.9 Å². The van der Waals surface area contributed by atoms with Crippen LogP contribution in [0.1, 0.15) is 52.6 Å². The first-order valence-electron chi connectivity index (χ1n) is 12.1. The quantitative estimate of drug-likeness (QED) is 0.473. The standard InChI is InChI=1S/C26H25ClFN5O4/c1-14(34)24-17-7-6-16-12-21(17)33(31-24)13-22(35)32-9-3-5-20(32)26(37)30-19-11-15(10-18(27)23(19)28)4-2-8-29-25(16)36/h6-7,10-12,20H,2-5,8-9,13H2,1H3,(H,29,36)(H,30,37)/t20-/m0/s1. The van der Waals surface area contributed by atoms with Crippen LogP contribution in [0.5, 0.6) is 0 Å². The number of nitrogens with zero attached hydrogens (tertiary/aromatic N) is 3. The molecule has 192 valence electrons. The van der Waals surface area contributed by atoms with Gasteiger partial charge < -0.3 is 15.5 Å². The van der Waals surface area contributed by atoms with Crippen LogP contribution < -0.4 is 10.6 Å². The lowest BCUT2D eigenvalue weighted by Gasteiger charge is -2.24. The van der Waals surface area contributed by atoms with Gasteiger partial charge in [-0.25, -0.2) is 4.39 Å². The van der Waals surface area contributed by atoms with Gasteiger partial charge in [-0.2, -0.15) is 5.10 Å². The molecule has 0 unspecified atom stereocenters. The third kappa shape index (κ3) is 4.81. The van der Waals surface area contributed by atoms with Gasteiger partial charge in [0.2, 0.25) is 11.8 Å². The van der Waals surface area contributed by atoms with E-state index in [0.717, 1.165) is 0 Å². The minimum Gasteiger partial charge on any atom is -0.352 e. The fourth-order valence-corrected chi connectivity index (χ4v) is 5.19. The highest BCUT2D eigenvalue weighted by Gasteiger charge is 2.35. The number of Topliss-reactive ketones (excluding diaryl/α,β-unsaturated/α-hetero) is 1. The van der Waals surface area contributed by atoms with Crippen LogP contribution in [-0.4, -0.2) is 57.3 Å². The number of benzene rings is 2. The summed E-state index contributed by atoms with van der Waals surface area (Å²) < 4.78 is 16.1. The zero-order valence-corrected chi connectivity index (χ0v) is 20.9. The van der Waals surface area contributed by atoms with Crippen LogP contribution >= 0.6 is 11.6 Å². The molecule has 1 atom stereocenters. The smallest absolute Gasteiger partial charge is 0.251 e. The van der Waals surface area contributed by atoms with E-state index in [1.54, 1.807) is 18.2 Å². The molecular formula is C26H25ClFN5O4. The lowest BCUT2D eigenvalue weighted by atomic mass is 10.1. The SMILES string of the molecule is CC(=O)c1nn2c3cc(ccc13)C(=O)NCCCc1cc(Cl)c(F)c(c1)NC(=O)[C@@H]1CCCN1C(=O)C2. The van der Waals surface area contributed by atoms with Gasteiger partial charge in [-0.15, -0.1) is 0 Å². The van der Waals surface area contributed by atoms with Gasteiger partial charge in [0, 0.05) is 31.0 Å². The Morgan fingerprint density at radius 1 is 1.16 bits per heavy atom. The zero-order valence-electron chi connectivity index (χ0n) is 20.1. The third-order valence-electron chi connectivity index (χ3n) is 6.78. The molecule has 2 N–H and O–H groups in total. The lowest BCUT2D eigenvalue weighted by Crippen LogP contribution is -2.44. The summed E-state index contributed by atoms with van der Waals surface area (Å²) in [4.78, 5) is 53.0. The largest absolute Gasteiger partial charge is 0.352 e. The van der Waals surface area contributed by atoms with Gasteiger partial charge in [-0.1, -0.05) is 11.6 Å². The van der Waals surface area contributed by atoms with E-state index in [0.29, 0.717) is 60.8 Å². The normalized spacial score (nSPS) is 18.8. The van der Waals surface area contributed by atoms with E-state index in [9.17, 15) is 23.6 Å². The number of carbonyl (C=O) groups excluding carboxylic acids is 4. The Morgan fingerprint density at radius 3 is 2.76 bits per heavy atom. The van der Waals surface area contributed by atoms with Crippen LogP contribution in [0.4, 0.5) is 10.1 Å². The molecule has 0 saturated carbocycles. The first kappa shape index (κ1) is 24.9. The molecule has 0 radical (unpaired) electrons. The summed E-state index contributed by atoms with van der Waals surface area (Å²) in [7, 11) is 0. The first-order valence-corrected chi connectivity index (χ1v) is 12.5. The van der Waals surface area contributed by atoms with E-state index in [2.05, 4.69) is 15.7 Å². The highest BCUT2D eigenvalue weighted by atomic mass is 35.5. The molecule has 2 aliphatic rings. The van der Waals surface area contributed by atoms with Gasteiger partial charge in [-0.05, 0) is 61.6 Å². The second kappa shape index (κ2) is 9.93. The van der Waals surface area contributed by atoms with Crippen molar-refractivity contribution >= 4 is 51.7 Å². The van der Waals surface area contributed by atoms with Crippen molar-refractivity contribution in [2.75, 3.05) is 18.4 Å². The summed E-state index contributed by atoms with van der Waals surface area (Å²) in [6, 6.07) is 7.12. The van der Waals surface area contributed by atoms with Crippen molar-refractivity contribution in [1.82, 2.24) is 20.0 Å². The molecule has 11 heteroatoms. The van der Waals surface area contributed by atoms with E-state index >= 15 is 0 Å². The molecule has 9 nitrogen and oxygen atoms in total. The Morgan fingerprint density at radius 2 is 1.97 bits per heavy atom. The van der Waals surface area contributed by atoms with Crippen LogP contribution in [-0.2, 0) is 22.6 Å². The molecular weight excluding hydrogens is 501 g/mol. The van der Waals surface area contributed by atoms with Crippen molar-refractivity contribution in [3.8, 4) is 0 Å². The maximum Gasteiger partial charge on any atom is 0.251 e. The monoisotopic (exact) mass is 525 g/mol. The third-order valence-corrected chi connectivity index (χ3v) is 7.06. The molecule has 1 saturated heterocycles. The van der Waals surface area contributed by atoms with Crippen LogP contribution in [0.3, 0.4) is 0 Å². The van der Waals surface area contributed by atoms with Crippen LogP contribution in [0.15, 0.2) is 30.3 Å². The summed E-state index contributed by atoms with van der Waals surface area (Å²) >= 11 is 6.08. The van der Waals surface area contributed by atoms with E-state index in [-0.39, 0.29) is 40.5 Å². The second-order valence-electron chi connectivity index (χ2n) is 9.33. The van der Waals surface area contributed by atoms with E-state index in [1.165, 1.54) is 28.6 Å². The predicted octanol–water partition coefficient (Wildman–Crippen LogP) is 3.34. The minimum atomic E-state index is -0.788. The van der Waals surface area contributed by atoms with Gasteiger partial charge in [0.15, 0.2) is 11.6 Å². The van der Waals surface area contributed by atoms with E-state index < -0.39 is 17.8 Å². The highest BCUT2D eigenvalue weighted by Crippen LogP contribution is 2.28. The number of anilines is 1. The first-order chi connectivity index (χ1) is 17.7. The molecule has 2 aliphatic heterocycles. The number of hydrogen-bond acceptors (Lipinski definition) is 5. The van der Waals surface area contributed by atoms with Crippen molar-refractivity contribution in [2.24, 2.45) is 0 Å². The van der Waals surface area contributed by atoms with Crippen molar-refractivity contribution < 1.29 is 23.6 Å². The molecule has 2 aromatic carbocycles. The number of ketones is 1. The molecule has 5 rings (SSSR count). The fourth-order valence-electron chi connectivity index (χ4n) is 4.95. The van der Waals surface area contributed by atoms with Gasteiger partial charge in [-0.3, -0.25) is 23.9 Å². The fraction of sp³-hybridized carbons (Fsp3) is 0.346. The molecule has 3 heterocycles. The molecule has 3 amide bonds. The number of aromatic nitrogens is 2. The summed E-state index contributed by atoms with van der Waals surface area (Å²) in [6.07, 6.45) is 2.08. The number of hydrogen-bond donors (Lipinski definition) is 2. The molecule has 37 heavy (non-hydrogen) atoms. The number of aryl methyl sites for hydroxylation is 1. The molecule has 1 fully saturated rings. The number of nitrogens with one attached hydrogen (secondary N) is 2. The average molecular weight is 526 g/mol. The Balaban J connectivity index is 1.55. The van der Waals surface area contributed by atoms with Gasteiger partial charge in [0.1, 0.15) is 18.3 Å². The second-order valence-corrected chi connectivity index (χ2v) is 9.73. The van der Waals surface area contributed by atoms with Gasteiger partial charge in [0.05, 0.1) is 16.2 Å². The lowest BCUT2D eigenvalue weighted by molar-refractivity contribution is -0.137. The number of rotatable bonds is 1. The van der Waals surface area contributed by atoms with Crippen molar-refractivity contribution in [3.63, 3.8) is 0 Å². The molecule has 4 bridgehead atoms. The number of halogens is 2. The topological polar surface area (TPSA) is 113 Å². The summed E-state index contributed by atoms with van der Waals surface area (Å²) in [5.41, 5.74) is 1.69. The number of amides is 3. The van der Waals surface area contributed by atoms with E-state index in [4.69, 9.17) is 11.6 Å². The van der Waals surface area contributed by atoms with Crippen LogP contribution in [0.2, 0.25) is 5.02 Å². The maximum absolute atomic E-state index is 14.7. The van der Waals surface area contributed by atoms with Crippen LogP contribution in [0, 0.1) is 5.82 Å². The average Bonchev–Trinajstić information content (AvgIpc) is 3.49. The Kier molecular flexibility index (Phi) is 6.68. The number of fused-ring (bicyclic) bond motifs is 4. The Bertz CT molecular complexity index is 1450. The molecule has 3 aromatic rings. The summed E-state index contributed by atoms with van der Waals surface area (Å²) in [5, 5.41) is 10.2. The summed E-state index contributed by atoms with van der Waals surface area (Å²) in [6.45, 7) is 1.86. The zero-order chi connectivity index (χ0) is 26.3. The minimum absolute atomic E-state index is 0.0492. The van der Waals surface area contributed by atoms with Crippen molar-refractivity contribution in [2.45, 2.75) is 45.2 Å². The predicted molar refractivity (Wildman–Crippen MR) is 135 cm³/mol. The molecule has 0 aliphatic carbocycles. The maximum atomic E-state index is 14.7. The van der Waals surface area contributed by atoms with E-state index in [1.807, 2.05) is 0 Å². The highest BCUT2D eigenvalue weighted by molar-refractivity contribution is 6.31. The van der Waals surface area contributed by atoms with Crippen molar-refractivity contribution in [1.29, 1.82) is 0 Å². The van der Waals surface area contributed by atoms with Gasteiger partial charge >= 0.3 is 0 Å². The molecule has 1 aromatic heterocycles. The Labute approximate surface area is 216 Å². The molecule has 0 spiro atoms. The number of carbonyl (C=O) groups is 4. The Hall–Kier alpha value is -3.79. The van der Waals surface area contributed by atoms with Crippen molar-refractivity contribution in [3.05, 3.63) is 58.0 Å². The summed E-state index contributed by atoms with van der Waals surface area (Å²) in [5.74, 6) is -2.20.